The van der Waals surface area contributed by atoms with Gasteiger partial charge in [-0.15, -0.1) is 0 Å². The summed E-state index contributed by atoms with van der Waals surface area (Å²) in [4.78, 5) is 69.1. The summed E-state index contributed by atoms with van der Waals surface area (Å²) in [7, 11) is 4.07. The summed E-state index contributed by atoms with van der Waals surface area (Å²) in [6, 6.07) is 3.96. The molecule has 4 aliphatic carbocycles. The molecule has 1 aromatic rings. The molecule has 59 heavy (non-hydrogen) atoms. The summed E-state index contributed by atoms with van der Waals surface area (Å²) < 4.78 is 74.1. The number of amides is 1. The standard InChI is InChI=1S/C41H51F2NO15/c1-19-24(56-33(49)29(46)23(15-27(42)43)44-35(50)59-36(3,4)5)17-39(51)34(57-32(48)21-12-11-13-22(14-21)52-8)41-37(6,31(47)30(54-10)28(19)38(39,41)7)25(53-9)16-26-40(41,18-55-26)58-20(2)45/h11-15,23-26,29-30,34,46,51H,16-18H2,1-10H3,(H,44,50)/t23-,24-,25-,26+,29+,30+,34+,37-,38-,39+,40-,41?/m0/s1. The number of fused-ring (bicyclic) bond motifs is 1. The second-order valence-corrected chi connectivity index (χ2v) is 17.1. The lowest BCUT2D eigenvalue weighted by molar-refractivity contribution is -0.473. The third kappa shape index (κ3) is 6.10. The van der Waals surface area contributed by atoms with Crippen LogP contribution in [0.25, 0.3) is 0 Å². The molecule has 3 N–H and O–H groups in total. The van der Waals surface area contributed by atoms with Crippen molar-refractivity contribution in [1.29, 1.82) is 0 Å². The Kier molecular flexibility index (Phi) is 11.1. The summed E-state index contributed by atoms with van der Waals surface area (Å²) in [6.45, 7) is 10.2. The Bertz CT molecular complexity index is 2000. The summed E-state index contributed by atoms with van der Waals surface area (Å²) in [5.41, 5.74) is -10.0. The number of alkyl carbamates (subject to hydrolysis) is 1. The molecule has 3 saturated carbocycles. The van der Waals surface area contributed by atoms with Gasteiger partial charge < -0.3 is 53.4 Å². The Hall–Kier alpha value is -4.49. The average Bonchev–Trinajstić information content (AvgIpc) is 3.14. The van der Waals surface area contributed by atoms with E-state index < -0.39 is 118 Å². The molecule has 6 rings (SSSR count). The number of halogens is 2. The molecule has 5 aliphatic rings. The van der Waals surface area contributed by atoms with Crippen molar-refractivity contribution >= 4 is 29.8 Å². The smallest absolute Gasteiger partial charge is 0.408 e. The first-order valence-corrected chi connectivity index (χ1v) is 19.1. The van der Waals surface area contributed by atoms with Gasteiger partial charge in [0.2, 0.25) is 0 Å². The fourth-order valence-electron chi connectivity index (χ4n) is 11.0. The SMILES string of the molecule is COc1cccc(C(=O)O[C@H]2C34[C@]5(OC(C)=O)CO[C@@H]5C[C@H](OC)[C@@]3(C)C(=O)[C@H](OC)C3=C(C)[C@@H](OC(=O)[C@H](O)[C@H](C=C(F)F)NC(=O)OC(C)(C)C)C[C@]2(O)[C@]34C)c1. The second kappa shape index (κ2) is 14.9. The largest absolute Gasteiger partial charge is 0.497 e. The van der Waals surface area contributed by atoms with Gasteiger partial charge in [0.15, 0.2) is 17.5 Å². The molecule has 1 saturated heterocycles. The minimum absolute atomic E-state index is 0.00383. The first-order valence-electron chi connectivity index (χ1n) is 19.1. The van der Waals surface area contributed by atoms with Gasteiger partial charge in [-0.1, -0.05) is 13.0 Å². The molecule has 0 radical (unpaired) electrons. The van der Waals surface area contributed by atoms with Crippen LogP contribution in [0.15, 0.2) is 47.6 Å². The number of carbonyl (C=O) groups excluding carboxylic acids is 5. The number of ketones is 1. The topological polar surface area (TPSA) is 212 Å². The molecule has 0 bridgehead atoms. The zero-order chi connectivity index (χ0) is 43.8. The first kappa shape index (κ1) is 44.1. The maximum atomic E-state index is 15.3. The number of aliphatic hydroxyl groups excluding tert-OH is 1. The van der Waals surface area contributed by atoms with Crippen molar-refractivity contribution in [3.63, 3.8) is 0 Å². The molecule has 4 fully saturated rings. The molecule has 1 unspecified atom stereocenters. The molecular formula is C41H51F2NO15. The van der Waals surface area contributed by atoms with Crippen LogP contribution in [0.4, 0.5) is 13.6 Å². The van der Waals surface area contributed by atoms with E-state index >= 15 is 4.79 Å². The lowest BCUT2D eigenvalue weighted by atomic mass is 9.20. The van der Waals surface area contributed by atoms with Crippen molar-refractivity contribution in [2.24, 2.45) is 16.2 Å². The maximum absolute atomic E-state index is 15.3. The molecule has 324 valence electrons. The van der Waals surface area contributed by atoms with Crippen LogP contribution < -0.4 is 10.1 Å². The lowest BCUT2D eigenvalue weighted by Gasteiger charge is -2.86. The van der Waals surface area contributed by atoms with Crippen molar-refractivity contribution in [3.8, 4) is 5.75 Å². The average molecular weight is 836 g/mol. The van der Waals surface area contributed by atoms with Gasteiger partial charge in [-0.2, -0.15) is 8.78 Å². The molecule has 12 atom stereocenters. The fourth-order valence-corrected chi connectivity index (χ4v) is 11.0. The van der Waals surface area contributed by atoms with Crippen molar-refractivity contribution in [2.45, 2.75) is 121 Å². The molecule has 0 aromatic heterocycles. The van der Waals surface area contributed by atoms with Crippen molar-refractivity contribution < 1.29 is 80.9 Å². The van der Waals surface area contributed by atoms with Crippen LogP contribution in [-0.2, 0) is 47.5 Å². The van der Waals surface area contributed by atoms with Crippen molar-refractivity contribution in [1.82, 2.24) is 5.32 Å². The minimum atomic E-state index is -2.44. The van der Waals surface area contributed by atoms with E-state index in [2.05, 4.69) is 0 Å². The highest BCUT2D eigenvalue weighted by Gasteiger charge is 2.99. The number of methoxy groups -OCH3 is 3. The van der Waals surface area contributed by atoms with E-state index in [1.54, 1.807) is 26.0 Å². The van der Waals surface area contributed by atoms with E-state index in [0.717, 1.165) is 0 Å². The molecule has 18 heteroatoms. The van der Waals surface area contributed by atoms with E-state index in [1.807, 2.05) is 5.32 Å². The number of benzene rings is 1. The van der Waals surface area contributed by atoms with Gasteiger partial charge in [0.1, 0.15) is 41.4 Å². The third-order valence-corrected chi connectivity index (χ3v) is 13.2. The number of nitrogens with one attached hydrogen (secondary N) is 1. The maximum Gasteiger partial charge on any atom is 0.408 e. The minimum Gasteiger partial charge on any atom is -0.497 e. The van der Waals surface area contributed by atoms with Crippen LogP contribution in [0.5, 0.6) is 5.75 Å². The number of rotatable bonds is 11. The van der Waals surface area contributed by atoms with Gasteiger partial charge in [0.25, 0.3) is 6.08 Å². The van der Waals surface area contributed by atoms with Crippen molar-refractivity contribution in [3.05, 3.63) is 53.1 Å². The second-order valence-electron chi connectivity index (χ2n) is 17.1. The number of hydrogen-bond donors (Lipinski definition) is 3. The van der Waals surface area contributed by atoms with Gasteiger partial charge in [0.05, 0.1) is 42.3 Å². The van der Waals surface area contributed by atoms with E-state index in [-0.39, 0.29) is 35.8 Å². The number of ether oxygens (including phenoxy) is 8. The summed E-state index contributed by atoms with van der Waals surface area (Å²) in [5.74, 6) is -3.47. The molecule has 1 aliphatic heterocycles. The quantitative estimate of drug-likeness (QED) is 0.166. The van der Waals surface area contributed by atoms with E-state index in [4.69, 9.17) is 37.9 Å². The Morgan fingerprint density at radius 3 is 2.29 bits per heavy atom. The summed E-state index contributed by atoms with van der Waals surface area (Å²) in [6.07, 6.45) is -12.9. The molecule has 16 nitrogen and oxygen atoms in total. The molecular weight excluding hydrogens is 784 g/mol. The number of esters is 3. The molecule has 1 spiro atoms. The molecule has 1 aromatic carbocycles. The Morgan fingerprint density at radius 2 is 1.75 bits per heavy atom. The monoisotopic (exact) mass is 835 g/mol. The highest BCUT2D eigenvalue weighted by atomic mass is 19.3. The predicted molar refractivity (Wildman–Crippen MR) is 198 cm³/mol. The molecule has 1 heterocycles. The summed E-state index contributed by atoms with van der Waals surface area (Å²) in [5, 5.41) is 26.5. The first-order chi connectivity index (χ1) is 27.4. The van der Waals surface area contributed by atoms with Crippen LogP contribution >= 0.6 is 0 Å². The van der Waals surface area contributed by atoms with Gasteiger partial charge in [-0.3, -0.25) is 9.59 Å². The highest BCUT2D eigenvalue weighted by molar-refractivity contribution is 5.98. The Balaban J connectivity index is 1.53. The number of carbonyl (C=O) groups is 5. The fraction of sp³-hybridized carbons (Fsp3) is 0.634. The van der Waals surface area contributed by atoms with Crippen LogP contribution in [0, 0.1) is 16.2 Å². The number of aliphatic hydroxyl groups is 2. The Morgan fingerprint density at radius 1 is 1.07 bits per heavy atom. The van der Waals surface area contributed by atoms with E-state index in [9.17, 15) is 38.2 Å². The van der Waals surface area contributed by atoms with Gasteiger partial charge in [0, 0.05) is 45.5 Å². The van der Waals surface area contributed by atoms with Gasteiger partial charge >= 0.3 is 24.0 Å². The van der Waals surface area contributed by atoms with Crippen LogP contribution in [0.2, 0.25) is 0 Å². The third-order valence-electron chi connectivity index (χ3n) is 13.2. The zero-order valence-corrected chi connectivity index (χ0v) is 34.5. The number of hydrogen-bond acceptors (Lipinski definition) is 15. The van der Waals surface area contributed by atoms with E-state index in [0.29, 0.717) is 5.75 Å². The van der Waals surface area contributed by atoms with Crippen molar-refractivity contribution in [2.75, 3.05) is 27.9 Å². The predicted octanol–water partition coefficient (Wildman–Crippen LogP) is 3.35. The van der Waals surface area contributed by atoms with Crippen LogP contribution in [0.3, 0.4) is 0 Å². The Labute approximate surface area is 339 Å². The van der Waals surface area contributed by atoms with Crippen LogP contribution in [0.1, 0.15) is 71.7 Å². The number of Topliss-reactive ketones (excluding diaryl/α,β-unsaturated/α-hetero) is 1. The molecule has 1 amide bonds. The highest BCUT2D eigenvalue weighted by Crippen LogP contribution is 2.86. The van der Waals surface area contributed by atoms with E-state index in [1.165, 1.54) is 68.1 Å². The lowest BCUT2D eigenvalue weighted by Crippen LogP contribution is -3.00. The van der Waals surface area contributed by atoms with Gasteiger partial charge in [-0.05, 0) is 64.0 Å². The zero-order valence-electron chi connectivity index (χ0n) is 34.5. The van der Waals surface area contributed by atoms with Crippen LogP contribution in [-0.4, -0.2) is 127 Å². The van der Waals surface area contributed by atoms with Gasteiger partial charge in [-0.25, -0.2) is 14.4 Å². The summed E-state index contributed by atoms with van der Waals surface area (Å²) >= 11 is 0. The normalized spacial score (nSPS) is 36.4.